The number of aryl methyl sites for hydroxylation is 2. The van der Waals surface area contributed by atoms with Gasteiger partial charge >= 0.3 is 0 Å². The predicted octanol–water partition coefficient (Wildman–Crippen LogP) is 5.04. The zero-order valence-electron chi connectivity index (χ0n) is 16.0. The number of nitrogens with one attached hydrogen (secondary N) is 2. The standard InChI is InChI=1S/C20H22N4O2S/c1-9(2)19-22-14-8-13(6-7-15(14)26-19)21-11(4)17-23-18(25)16-10(3)12(5)27-20(16)24-17/h6-9,11,21H,1-5H3,(H,23,24,25). The third kappa shape index (κ3) is 3.12. The molecule has 0 spiro atoms. The molecule has 3 heterocycles. The molecular formula is C20H22N4O2S. The number of aromatic nitrogens is 3. The number of aromatic amines is 1. The van der Waals surface area contributed by atoms with E-state index in [-0.39, 0.29) is 17.5 Å². The molecule has 0 aliphatic rings. The largest absolute Gasteiger partial charge is 0.440 e. The van der Waals surface area contributed by atoms with Gasteiger partial charge in [0, 0.05) is 16.5 Å². The van der Waals surface area contributed by atoms with E-state index < -0.39 is 0 Å². The molecule has 4 aromatic rings. The van der Waals surface area contributed by atoms with E-state index >= 15 is 0 Å². The molecule has 1 unspecified atom stereocenters. The Labute approximate surface area is 160 Å². The van der Waals surface area contributed by atoms with Crippen molar-refractivity contribution in [2.45, 2.75) is 46.6 Å². The smallest absolute Gasteiger partial charge is 0.259 e. The number of hydrogen-bond donors (Lipinski definition) is 2. The fourth-order valence-electron chi connectivity index (χ4n) is 3.08. The first-order chi connectivity index (χ1) is 12.8. The number of anilines is 1. The van der Waals surface area contributed by atoms with E-state index in [0.717, 1.165) is 37.9 Å². The molecule has 27 heavy (non-hydrogen) atoms. The highest BCUT2D eigenvalue weighted by Crippen LogP contribution is 2.28. The summed E-state index contributed by atoms with van der Waals surface area (Å²) in [4.78, 5) is 26.5. The van der Waals surface area contributed by atoms with Crippen molar-refractivity contribution in [3.8, 4) is 0 Å². The Bertz CT molecular complexity index is 1200. The Morgan fingerprint density at radius 3 is 2.70 bits per heavy atom. The minimum Gasteiger partial charge on any atom is -0.440 e. The Hall–Kier alpha value is -2.67. The summed E-state index contributed by atoms with van der Waals surface area (Å²) in [6.07, 6.45) is 0. The topological polar surface area (TPSA) is 83.8 Å². The second-order valence-electron chi connectivity index (χ2n) is 7.17. The van der Waals surface area contributed by atoms with Crippen LogP contribution >= 0.6 is 11.3 Å². The first kappa shape index (κ1) is 17.7. The first-order valence-corrected chi connectivity index (χ1v) is 9.82. The molecule has 3 aromatic heterocycles. The van der Waals surface area contributed by atoms with Gasteiger partial charge in [-0.2, -0.15) is 0 Å². The van der Waals surface area contributed by atoms with Crippen molar-refractivity contribution in [2.24, 2.45) is 0 Å². The van der Waals surface area contributed by atoms with Crippen LogP contribution in [0.3, 0.4) is 0 Å². The summed E-state index contributed by atoms with van der Waals surface area (Å²) in [5.74, 6) is 1.60. The van der Waals surface area contributed by atoms with Gasteiger partial charge in [0.1, 0.15) is 16.2 Å². The van der Waals surface area contributed by atoms with Crippen LogP contribution in [0.25, 0.3) is 21.3 Å². The normalized spacial score (nSPS) is 13.0. The maximum Gasteiger partial charge on any atom is 0.259 e. The van der Waals surface area contributed by atoms with Gasteiger partial charge in [-0.3, -0.25) is 4.79 Å². The number of nitrogens with zero attached hydrogens (tertiary/aromatic N) is 2. The Balaban J connectivity index is 1.65. The summed E-state index contributed by atoms with van der Waals surface area (Å²) in [5.41, 5.74) is 3.42. The average Bonchev–Trinajstić information content (AvgIpc) is 3.16. The lowest BCUT2D eigenvalue weighted by Crippen LogP contribution is -2.17. The highest BCUT2D eigenvalue weighted by atomic mass is 32.1. The SMILES string of the molecule is Cc1sc2nc(C(C)Nc3ccc4oc(C(C)C)nc4c3)[nH]c(=O)c2c1C. The van der Waals surface area contributed by atoms with Crippen LogP contribution < -0.4 is 10.9 Å². The Morgan fingerprint density at radius 2 is 1.96 bits per heavy atom. The summed E-state index contributed by atoms with van der Waals surface area (Å²) >= 11 is 1.56. The molecule has 2 N–H and O–H groups in total. The summed E-state index contributed by atoms with van der Waals surface area (Å²) < 4.78 is 5.75. The zero-order chi connectivity index (χ0) is 19.3. The molecule has 140 valence electrons. The summed E-state index contributed by atoms with van der Waals surface area (Å²) in [6, 6.07) is 5.66. The van der Waals surface area contributed by atoms with Crippen molar-refractivity contribution in [1.29, 1.82) is 0 Å². The van der Waals surface area contributed by atoms with Crippen molar-refractivity contribution in [2.75, 3.05) is 5.32 Å². The van der Waals surface area contributed by atoms with Crippen LogP contribution in [-0.2, 0) is 0 Å². The molecule has 0 aliphatic heterocycles. The highest BCUT2D eigenvalue weighted by molar-refractivity contribution is 7.18. The second kappa shape index (κ2) is 6.49. The molecule has 6 nitrogen and oxygen atoms in total. The molecule has 0 aliphatic carbocycles. The van der Waals surface area contributed by atoms with Crippen molar-refractivity contribution >= 4 is 38.3 Å². The van der Waals surface area contributed by atoms with E-state index in [1.165, 1.54) is 0 Å². The molecule has 7 heteroatoms. The van der Waals surface area contributed by atoms with Crippen molar-refractivity contribution in [3.05, 3.63) is 50.7 Å². The summed E-state index contributed by atoms with van der Waals surface area (Å²) in [7, 11) is 0. The van der Waals surface area contributed by atoms with E-state index in [0.29, 0.717) is 11.2 Å². The molecule has 0 amide bonds. The monoisotopic (exact) mass is 382 g/mol. The van der Waals surface area contributed by atoms with Crippen LogP contribution in [0.2, 0.25) is 0 Å². The number of hydrogen-bond acceptors (Lipinski definition) is 6. The lowest BCUT2D eigenvalue weighted by atomic mass is 10.2. The molecule has 4 rings (SSSR count). The number of rotatable bonds is 4. The van der Waals surface area contributed by atoms with Crippen molar-refractivity contribution in [3.63, 3.8) is 0 Å². The molecule has 0 saturated heterocycles. The second-order valence-corrected chi connectivity index (χ2v) is 8.37. The van der Waals surface area contributed by atoms with E-state index in [9.17, 15) is 4.79 Å². The van der Waals surface area contributed by atoms with E-state index in [1.54, 1.807) is 11.3 Å². The van der Waals surface area contributed by atoms with E-state index in [4.69, 9.17) is 4.42 Å². The van der Waals surface area contributed by atoms with E-state index in [1.807, 2.05) is 39.0 Å². The molecule has 0 fully saturated rings. The lowest BCUT2D eigenvalue weighted by molar-refractivity contribution is 0.501. The minimum absolute atomic E-state index is 0.0842. The molecule has 1 aromatic carbocycles. The molecule has 0 bridgehead atoms. The van der Waals surface area contributed by atoms with Crippen molar-refractivity contribution < 1.29 is 4.42 Å². The fraction of sp³-hybridized carbons (Fsp3) is 0.350. The minimum atomic E-state index is -0.154. The van der Waals surface area contributed by atoms with Gasteiger partial charge in [0.25, 0.3) is 5.56 Å². The van der Waals surface area contributed by atoms with Crippen LogP contribution in [0.1, 0.15) is 54.9 Å². The average molecular weight is 382 g/mol. The summed E-state index contributed by atoms with van der Waals surface area (Å²) in [6.45, 7) is 10.1. The molecular weight excluding hydrogens is 360 g/mol. The van der Waals surface area contributed by atoms with Gasteiger partial charge in [-0.05, 0) is 44.5 Å². The summed E-state index contributed by atoms with van der Waals surface area (Å²) in [5, 5.41) is 4.09. The lowest BCUT2D eigenvalue weighted by Gasteiger charge is -2.14. The van der Waals surface area contributed by atoms with Crippen molar-refractivity contribution in [1.82, 2.24) is 15.0 Å². The third-order valence-electron chi connectivity index (χ3n) is 4.75. The van der Waals surface area contributed by atoms with Gasteiger partial charge in [0.15, 0.2) is 11.5 Å². The van der Waals surface area contributed by atoms with Gasteiger partial charge in [-0.15, -0.1) is 11.3 Å². The van der Waals surface area contributed by atoms with Gasteiger partial charge in [0.05, 0.1) is 11.4 Å². The Kier molecular flexibility index (Phi) is 4.26. The van der Waals surface area contributed by atoms with Crippen LogP contribution in [0.5, 0.6) is 0 Å². The predicted molar refractivity (Wildman–Crippen MR) is 110 cm³/mol. The number of benzene rings is 1. The highest BCUT2D eigenvalue weighted by Gasteiger charge is 2.16. The van der Waals surface area contributed by atoms with Crippen LogP contribution in [0.15, 0.2) is 27.4 Å². The zero-order valence-corrected chi connectivity index (χ0v) is 16.8. The number of fused-ring (bicyclic) bond motifs is 2. The number of H-pyrrole nitrogens is 1. The quantitative estimate of drug-likeness (QED) is 0.517. The third-order valence-corrected chi connectivity index (χ3v) is 5.85. The maximum absolute atomic E-state index is 12.5. The molecule has 0 saturated carbocycles. The van der Waals surface area contributed by atoms with E-state index in [2.05, 4.69) is 34.1 Å². The first-order valence-electron chi connectivity index (χ1n) is 9.00. The number of oxazole rings is 1. The molecule has 0 radical (unpaired) electrons. The Morgan fingerprint density at radius 1 is 1.19 bits per heavy atom. The maximum atomic E-state index is 12.5. The van der Waals surface area contributed by atoms with Gasteiger partial charge in [-0.25, -0.2) is 9.97 Å². The van der Waals surface area contributed by atoms with Crippen LogP contribution in [0.4, 0.5) is 5.69 Å². The molecule has 1 atom stereocenters. The van der Waals surface area contributed by atoms with Gasteiger partial charge in [0.2, 0.25) is 0 Å². The van der Waals surface area contributed by atoms with Gasteiger partial charge < -0.3 is 14.7 Å². The van der Waals surface area contributed by atoms with Gasteiger partial charge in [-0.1, -0.05) is 13.8 Å². The number of thiophene rings is 1. The van der Waals surface area contributed by atoms with Crippen LogP contribution in [-0.4, -0.2) is 15.0 Å². The van der Waals surface area contributed by atoms with Crippen LogP contribution in [0, 0.1) is 13.8 Å². The fourth-order valence-corrected chi connectivity index (χ4v) is 4.11.